The number of benzene rings is 1. The molecule has 2 rings (SSSR count). The van der Waals surface area contributed by atoms with E-state index in [0.29, 0.717) is 12.0 Å². The lowest BCUT2D eigenvalue weighted by molar-refractivity contribution is 0.0888. The van der Waals surface area contributed by atoms with Crippen LogP contribution in [0.25, 0.3) is 0 Å². The monoisotopic (exact) mass is 336 g/mol. The lowest BCUT2D eigenvalue weighted by atomic mass is 10.0. The first-order chi connectivity index (χ1) is 11.6. The van der Waals surface area contributed by atoms with Gasteiger partial charge in [-0.1, -0.05) is 32.9 Å². The molecule has 1 aromatic carbocycles. The highest BCUT2D eigenvalue weighted by molar-refractivity contribution is 5.16. The molecule has 1 aliphatic rings. The Kier molecular flexibility index (Phi) is 8.16. The zero-order valence-electron chi connectivity index (χ0n) is 15.5. The SMILES string of the molecule is CCCOCCN1CCCN(Cc2ccc(F)cc2)C(C(C)C)C1. The lowest BCUT2D eigenvalue weighted by Crippen LogP contribution is -2.44. The van der Waals surface area contributed by atoms with Crippen LogP contribution >= 0.6 is 0 Å². The van der Waals surface area contributed by atoms with Gasteiger partial charge in [-0.25, -0.2) is 4.39 Å². The molecule has 1 aliphatic heterocycles. The summed E-state index contributed by atoms with van der Waals surface area (Å²) >= 11 is 0. The fourth-order valence-corrected chi connectivity index (χ4v) is 3.43. The van der Waals surface area contributed by atoms with E-state index in [9.17, 15) is 4.39 Å². The van der Waals surface area contributed by atoms with Crippen molar-refractivity contribution >= 4 is 0 Å². The summed E-state index contributed by atoms with van der Waals surface area (Å²) in [7, 11) is 0. The fraction of sp³-hybridized carbons (Fsp3) is 0.700. The molecule has 1 saturated heterocycles. The van der Waals surface area contributed by atoms with Gasteiger partial charge in [-0.3, -0.25) is 9.80 Å². The quantitative estimate of drug-likeness (QED) is 0.672. The van der Waals surface area contributed by atoms with Crippen LogP contribution in [0.3, 0.4) is 0 Å². The summed E-state index contributed by atoms with van der Waals surface area (Å²) in [6.45, 7) is 13.7. The van der Waals surface area contributed by atoms with E-state index >= 15 is 0 Å². The van der Waals surface area contributed by atoms with Crippen molar-refractivity contribution < 1.29 is 9.13 Å². The summed E-state index contributed by atoms with van der Waals surface area (Å²) in [4.78, 5) is 5.12. The number of ether oxygens (including phenoxy) is 1. The van der Waals surface area contributed by atoms with Crippen LogP contribution in [-0.4, -0.2) is 55.2 Å². The predicted octanol–water partition coefficient (Wildman–Crippen LogP) is 3.78. The first kappa shape index (κ1) is 19.4. The zero-order valence-corrected chi connectivity index (χ0v) is 15.5. The maximum Gasteiger partial charge on any atom is 0.123 e. The molecule has 1 fully saturated rings. The van der Waals surface area contributed by atoms with Gasteiger partial charge in [-0.05, 0) is 43.0 Å². The first-order valence-electron chi connectivity index (χ1n) is 9.38. The van der Waals surface area contributed by atoms with Gasteiger partial charge in [0.1, 0.15) is 5.82 Å². The zero-order chi connectivity index (χ0) is 17.4. The minimum absolute atomic E-state index is 0.159. The first-order valence-corrected chi connectivity index (χ1v) is 9.38. The molecule has 0 saturated carbocycles. The van der Waals surface area contributed by atoms with Crippen molar-refractivity contribution in [1.29, 1.82) is 0 Å². The van der Waals surface area contributed by atoms with Gasteiger partial charge < -0.3 is 4.74 Å². The van der Waals surface area contributed by atoms with Crippen LogP contribution in [0.2, 0.25) is 0 Å². The summed E-state index contributed by atoms with van der Waals surface area (Å²) < 4.78 is 18.8. The molecule has 136 valence electrons. The molecule has 1 atom stereocenters. The van der Waals surface area contributed by atoms with E-state index < -0.39 is 0 Å². The van der Waals surface area contributed by atoms with E-state index in [1.807, 2.05) is 12.1 Å². The Labute approximate surface area is 146 Å². The Morgan fingerprint density at radius 2 is 1.92 bits per heavy atom. The normalized spacial score (nSPS) is 20.5. The molecule has 24 heavy (non-hydrogen) atoms. The van der Waals surface area contributed by atoms with Crippen LogP contribution in [0.1, 0.15) is 39.2 Å². The van der Waals surface area contributed by atoms with Crippen LogP contribution in [-0.2, 0) is 11.3 Å². The molecular formula is C20H33FN2O. The molecule has 0 bridgehead atoms. The summed E-state index contributed by atoms with van der Waals surface area (Å²) in [5.74, 6) is 0.441. The molecule has 0 aliphatic carbocycles. The van der Waals surface area contributed by atoms with Crippen LogP contribution in [0, 0.1) is 11.7 Å². The topological polar surface area (TPSA) is 15.7 Å². The third kappa shape index (κ3) is 6.15. The standard InChI is InChI=1S/C20H33FN2O/c1-4-13-24-14-12-22-10-5-11-23(20(16-22)17(2)3)15-18-6-8-19(21)9-7-18/h6-9,17,20H,4-5,10-16H2,1-3H3. The minimum Gasteiger partial charge on any atom is -0.380 e. The third-order valence-corrected chi connectivity index (χ3v) is 4.80. The molecule has 0 N–H and O–H groups in total. The van der Waals surface area contributed by atoms with Gasteiger partial charge in [0.15, 0.2) is 0 Å². The molecule has 1 unspecified atom stereocenters. The van der Waals surface area contributed by atoms with E-state index in [1.54, 1.807) is 12.1 Å². The molecule has 4 heteroatoms. The van der Waals surface area contributed by atoms with Crippen molar-refractivity contribution in [3.63, 3.8) is 0 Å². The van der Waals surface area contributed by atoms with Gasteiger partial charge in [0.2, 0.25) is 0 Å². The summed E-state index contributed by atoms with van der Waals surface area (Å²) in [5.41, 5.74) is 1.20. The second-order valence-corrected chi connectivity index (χ2v) is 7.17. The van der Waals surface area contributed by atoms with Crippen molar-refractivity contribution in [3.8, 4) is 0 Å². The molecular weight excluding hydrogens is 303 g/mol. The third-order valence-electron chi connectivity index (χ3n) is 4.80. The van der Waals surface area contributed by atoms with Gasteiger partial charge in [0.25, 0.3) is 0 Å². The van der Waals surface area contributed by atoms with Gasteiger partial charge in [-0.2, -0.15) is 0 Å². The summed E-state index contributed by atoms with van der Waals surface area (Å²) in [6.07, 6.45) is 2.26. The Balaban J connectivity index is 1.94. The molecule has 3 nitrogen and oxygen atoms in total. The fourth-order valence-electron chi connectivity index (χ4n) is 3.43. The van der Waals surface area contributed by atoms with Crippen LogP contribution < -0.4 is 0 Å². The average Bonchev–Trinajstić information content (AvgIpc) is 2.76. The molecule has 0 aromatic heterocycles. The van der Waals surface area contributed by atoms with E-state index in [0.717, 1.165) is 52.4 Å². The van der Waals surface area contributed by atoms with Gasteiger partial charge in [0, 0.05) is 38.8 Å². The smallest absolute Gasteiger partial charge is 0.123 e. The molecule has 0 spiro atoms. The largest absolute Gasteiger partial charge is 0.380 e. The number of rotatable bonds is 8. The molecule has 0 radical (unpaired) electrons. The molecule has 1 aromatic rings. The van der Waals surface area contributed by atoms with Crippen molar-refractivity contribution in [2.24, 2.45) is 5.92 Å². The van der Waals surface area contributed by atoms with Crippen molar-refractivity contribution in [2.45, 2.75) is 46.2 Å². The van der Waals surface area contributed by atoms with Crippen molar-refractivity contribution in [1.82, 2.24) is 9.80 Å². The van der Waals surface area contributed by atoms with E-state index in [2.05, 4.69) is 30.6 Å². The lowest BCUT2D eigenvalue weighted by Gasteiger charge is -2.34. The molecule has 1 heterocycles. The Morgan fingerprint density at radius 1 is 1.17 bits per heavy atom. The summed E-state index contributed by atoms with van der Waals surface area (Å²) in [6, 6.07) is 7.48. The van der Waals surface area contributed by atoms with E-state index in [4.69, 9.17) is 4.74 Å². The maximum absolute atomic E-state index is 13.1. The predicted molar refractivity (Wildman–Crippen MR) is 97.6 cm³/mol. The van der Waals surface area contributed by atoms with E-state index in [-0.39, 0.29) is 5.82 Å². The number of nitrogens with zero attached hydrogens (tertiary/aromatic N) is 2. The highest BCUT2D eigenvalue weighted by Gasteiger charge is 2.27. The maximum atomic E-state index is 13.1. The van der Waals surface area contributed by atoms with Crippen molar-refractivity contribution in [2.75, 3.05) is 39.4 Å². The second-order valence-electron chi connectivity index (χ2n) is 7.17. The number of hydrogen-bond donors (Lipinski definition) is 0. The number of halogens is 1. The van der Waals surface area contributed by atoms with Gasteiger partial charge in [0.05, 0.1) is 6.61 Å². The van der Waals surface area contributed by atoms with Gasteiger partial charge >= 0.3 is 0 Å². The van der Waals surface area contributed by atoms with Crippen LogP contribution in [0.5, 0.6) is 0 Å². The second kappa shape index (κ2) is 10.1. The highest BCUT2D eigenvalue weighted by Crippen LogP contribution is 2.20. The van der Waals surface area contributed by atoms with Crippen LogP contribution in [0.4, 0.5) is 4.39 Å². The molecule has 0 amide bonds. The number of hydrogen-bond acceptors (Lipinski definition) is 3. The van der Waals surface area contributed by atoms with Gasteiger partial charge in [-0.15, -0.1) is 0 Å². The Hall–Kier alpha value is -0.970. The highest BCUT2D eigenvalue weighted by atomic mass is 19.1. The Bertz CT molecular complexity index is 463. The van der Waals surface area contributed by atoms with Crippen LogP contribution in [0.15, 0.2) is 24.3 Å². The Morgan fingerprint density at radius 3 is 2.58 bits per heavy atom. The van der Waals surface area contributed by atoms with E-state index in [1.165, 1.54) is 12.0 Å². The van der Waals surface area contributed by atoms with Crippen molar-refractivity contribution in [3.05, 3.63) is 35.6 Å². The average molecular weight is 336 g/mol. The summed E-state index contributed by atoms with van der Waals surface area (Å²) in [5, 5.41) is 0. The minimum atomic E-state index is -0.159.